The highest BCUT2D eigenvalue weighted by molar-refractivity contribution is 9.10. The largest absolute Gasteiger partial charge is 0.494 e. The van der Waals surface area contributed by atoms with Gasteiger partial charge >= 0.3 is 5.97 Å². The van der Waals surface area contributed by atoms with Crippen molar-refractivity contribution < 1.29 is 19.4 Å². The van der Waals surface area contributed by atoms with Gasteiger partial charge in [-0.2, -0.15) is 0 Å². The van der Waals surface area contributed by atoms with Crippen molar-refractivity contribution in [1.82, 2.24) is 4.98 Å². The third-order valence-corrected chi connectivity index (χ3v) is 5.58. The van der Waals surface area contributed by atoms with Gasteiger partial charge in [0.05, 0.1) is 24.6 Å². The Hall–Kier alpha value is -3.13. The monoisotopic (exact) mass is 498 g/mol. The number of halogens is 1. The Labute approximate surface area is 193 Å². The zero-order valence-electron chi connectivity index (χ0n) is 17.6. The predicted molar refractivity (Wildman–Crippen MR) is 126 cm³/mol. The van der Waals surface area contributed by atoms with Crippen LogP contribution in [0.3, 0.4) is 0 Å². The lowest BCUT2D eigenvalue weighted by Crippen LogP contribution is -2.11. The number of rotatable bonds is 8. The van der Waals surface area contributed by atoms with Crippen LogP contribution in [0.15, 0.2) is 50.7 Å². The zero-order chi connectivity index (χ0) is 22.7. The molecule has 0 amide bonds. The van der Waals surface area contributed by atoms with E-state index in [1.54, 1.807) is 30.3 Å². The Bertz CT molecular complexity index is 1250. The molecule has 1 aromatic heterocycles. The molecule has 0 radical (unpaired) electrons. The molecule has 4 rings (SSSR count). The first-order valence-electron chi connectivity index (χ1n) is 10.5. The van der Waals surface area contributed by atoms with Crippen molar-refractivity contribution in [2.75, 3.05) is 6.61 Å². The average Bonchev–Trinajstić information content (AvgIpc) is 3.61. The Morgan fingerprint density at radius 2 is 2.03 bits per heavy atom. The first kappa shape index (κ1) is 22.1. The fraction of sp³-hybridized carbons (Fsp3) is 0.292. The number of carbonyl (C=O) groups is 1. The van der Waals surface area contributed by atoms with E-state index in [9.17, 15) is 14.7 Å². The van der Waals surface area contributed by atoms with Gasteiger partial charge in [-0.15, -0.1) is 0 Å². The smallest absolute Gasteiger partial charge is 0.314 e. The number of fused-ring (bicyclic) bond motifs is 1. The molecular formula is C24H23BrN2O5. The number of pyridine rings is 1. The van der Waals surface area contributed by atoms with Crippen molar-refractivity contribution in [2.45, 2.75) is 32.7 Å². The molecule has 8 heteroatoms. The Balaban J connectivity index is 1.59. The number of nitrogens with one attached hydrogen (secondary N) is 1. The van der Waals surface area contributed by atoms with Gasteiger partial charge in [-0.3, -0.25) is 19.6 Å². The van der Waals surface area contributed by atoms with Crippen LogP contribution in [0.1, 0.15) is 37.3 Å². The van der Waals surface area contributed by atoms with Crippen molar-refractivity contribution >= 4 is 38.9 Å². The number of benzene rings is 2. The lowest BCUT2D eigenvalue weighted by atomic mass is 10.1. The molecule has 7 nitrogen and oxygen atoms in total. The number of hydrogen-bond donors (Lipinski definition) is 2. The van der Waals surface area contributed by atoms with Gasteiger partial charge in [0.25, 0.3) is 5.56 Å². The number of H-pyrrole nitrogens is 1. The summed E-state index contributed by atoms with van der Waals surface area (Å²) < 4.78 is 12.1. The van der Waals surface area contributed by atoms with Gasteiger partial charge in [-0.25, -0.2) is 0 Å². The number of aromatic hydroxyl groups is 1. The molecule has 32 heavy (non-hydrogen) atoms. The minimum Gasteiger partial charge on any atom is -0.494 e. The number of hydrogen-bond acceptors (Lipinski definition) is 6. The summed E-state index contributed by atoms with van der Waals surface area (Å²) >= 11 is 3.40. The highest BCUT2D eigenvalue weighted by atomic mass is 79.9. The number of nitrogens with zero attached hydrogens (tertiary/aromatic N) is 1. The fourth-order valence-corrected chi connectivity index (χ4v) is 3.61. The fourth-order valence-electron chi connectivity index (χ4n) is 3.25. The summed E-state index contributed by atoms with van der Waals surface area (Å²) in [5.41, 5.74) is 0.870. The van der Waals surface area contributed by atoms with Crippen LogP contribution in [-0.4, -0.2) is 28.9 Å². The first-order chi connectivity index (χ1) is 15.5. The topological polar surface area (TPSA) is 101 Å². The van der Waals surface area contributed by atoms with Crippen molar-refractivity contribution in [3.63, 3.8) is 0 Å². The molecule has 0 bridgehead atoms. The van der Waals surface area contributed by atoms with Gasteiger partial charge in [0.15, 0.2) is 11.5 Å². The maximum absolute atomic E-state index is 12.2. The summed E-state index contributed by atoms with van der Waals surface area (Å²) in [7, 11) is 0. The molecule has 1 aliphatic rings. The number of aromatic nitrogens is 1. The van der Waals surface area contributed by atoms with Crippen molar-refractivity contribution in [1.29, 1.82) is 0 Å². The standard InChI is InChI=1S/C24H23BrN2O5/c1-2-9-31-20-8-3-14(10-21(20)32-24(30)15-4-5-15)12-26-13-19-18-11-16(25)6-7-17(18)22(28)27-23(19)29/h3,6-8,10-11,13,15H,2,4-5,9,12H2,1H3,(H2,27,28,29). The molecule has 0 spiro atoms. The van der Waals surface area contributed by atoms with E-state index in [4.69, 9.17) is 9.47 Å². The van der Waals surface area contributed by atoms with Gasteiger partial charge in [-0.1, -0.05) is 28.9 Å². The van der Waals surface area contributed by atoms with Crippen LogP contribution < -0.4 is 15.0 Å². The predicted octanol–water partition coefficient (Wildman–Crippen LogP) is 4.72. The van der Waals surface area contributed by atoms with Crippen LogP contribution in [0.2, 0.25) is 0 Å². The normalized spacial score (nSPS) is 13.6. The van der Waals surface area contributed by atoms with E-state index >= 15 is 0 Å². The molecule has 3 aromatic rings. The molecule has 0 aliphatic heterocycles. The van der Waals surface area contributed by atoms with Crippen LogP contribution >= 0.6 is 15.9 Å². The summed E-state index contributed by atoms with van der Waals surface area (Å²) in [6.07, 6.45) is 4.09. The van der Waals surface area contributed by atoms with Gasteiger partial charge in [0, 0.05) is 21.5 Å². The lowest BCUT2D eigenvalue weighted by Gasteiger charge is -2.12. The van der Waals surface area contributed by atoms with Gasteiger partial charge in [0.1, 0.15) is 0 Å². The quantitative estimate of drug-likeness (QED) is 0.265. The van der Waals surface area contributed by atoms with E-state index < -0.39 is 0 Å². The highest BCUT2D eigenvalue weighted by Gasteiger charge is 2.32. The maximum atomic E-state index is 12.2. The molecule has 1 fully saturated rings. The molecular weight excluding hydrogens is 476 g/mol. The van der Waals surface area contributed by atoms with E-state index in [1.807, 2.05) is 13.0 Å². The van der Waals surface area contributed by atoms with Crippen molar-refractivity contribution in [2.24, 2.45) is 10.9 Å². The summed E-state index contributed by atoms with van der Waals surface area (Å²) in [5.74, 6) is 0.424. The second kappa shape index (κ2) is 9.56. The van der Waals surface area contributed by atoms with E-state index in [-0.39, 0.29) is 29.9 Å². The Kier molecular flexibility index (Phi) is 6.60. The molecule has 2 N–H and O–H groups in total. The minimum absolute atomic E-state index is 0.0217. The highest BCUT2D eigenvalue weighted by Crippen LogP contribution is 2.34. The van der Waals surface area contributed by atoms with Crippen LogP contribution in [0.4, 0.5) is 0 Å². The number of aliphatic imine (C=N–C) groups is 1. The molecule has 0 atom stereocenters. The Morgan fingerprint density at radius 1 is 1.22 bits per heavy atom. The number of ether oxygens (including phenoxy) is 2. The summed E-state index contributed by atoms with van der Waals surface area (Å²) in [5, 5.41) is 11.3. The third-order valence-electron chi connectivity index (χ3n) is 5.09. The van der Waals surface area contributed by atoms with Crippen LogP contribution in [0, 0.1) is 5.92 Å². The van der Waals surface area contributed by atoms with Crippen molar-refractivity contribution in [3.05, 3.63) is 62.4 Å². The average molecular weight is 499 g/mol. The lowest BCUT2D eigenvalue weighted by molar-refractivity contribution is -0.135. The number of esters is 1. The van der Waals surface area contributed by atoms with Gasteiger partial charge in [0.2, 0.25) is 5.88 Å². The minimum atomic E-state index is -0.369. The van der Waals surface area contributed by atoms with E-state index in [0.717, 1.165) is 29.3 Å². The SMILES string of the molecule is CCCOc1ccc(CN=Cc2c(O)[nH]c(=O)c3ccc(Br)cc23)cc1OC(=O)C1CC1. The Morgan fingerprint density at radius 3 is 2.78 bits per heavy atom. The molecule has 2 aromatic carbocycles. The maximum Gasteiger partial charge on any atom is 0.314 e. The summed E-state index contributed by atoms with van der Waals surface area (Å²) in [4.78, 5) is 31.2. The zero-order valence-corrected chi connectivity index (χ0v) is 19.1. The van der Waals surface area contributed by atoms with E-state index in [1.165, 1.54) is 6.21 Å². The van der Waals surface area contributed by atoms with Crippen LogP contribution in [0.5, 0.6) is 17.4 Å². The second-order valence-corrected chi connectivity index (χ2v) is 8.62. The summed E-state index contributed by atoms with van der Waals surface area (Å²) in [6.45, 7) is 2.82. The van der Waals surface area contributed by atoms with E-state index in [2.05, 4.69) is 25.9 Å². The molecule has 0 unspecified atom stereocenters. The van der Waals surface area contributed by atoms with Gasteiger partial charge < -0.3 is 14.6 Å². The summed E-state index contributed by atoms with van der Waals surface area (Å²) in [6, 6.07) is 10.6. The van der Waals surface area contributed by atoms with Crippen LogP contribution in [-0.2, 0) is 11.3 Å². The van der Waals surface area contributed by atoms with E-state index in [0.29, 0.717) is 34.4 Å². The number of aromatic amines is 1. The molecule has 0 saturated heterocycles. The molecule has 1 aliphatic carbocycles. The third kappa shape index (κ3) is 5.02. The van der Waals surface area contributed by atoms with Crippen molar-refractivity contribution in [3.8, 4) is 17.4 Å². The molecule has 166 valence electrons. The van der Waals surface area contributed by atoms with Crippen LogP contribution in [0.25, 0.3) is 10.8 Å². The molecule has 1 saturated carbocycles. The number of carbonyl (C=O) groups excluding carboxylic acids is 1. The molecule has 1 heterocycles. The first-order valence-corrected chi connectivity index (χ1v) is 11.3. The second-order valence-electron chi connectivity index (χ2n) is 7.70. The van der Waals surface area contributed by atoms with Gasteiger partial charge in [-0.05, 0) is 55.2 Å².